The van der Waals surface area contributed by atoms with Crippen molar-refractivity contribution in [3.8, 4) is 11.5 Å². The van der Waals surface area contributed by atoms with E-state index in [1.807, 2.05) is 12.1 Å². The van der Waals surface area contributed by atoms with E-state index in [1.165, 1.54) is 41.5 Å². The fraction of sp³-hybridized carbons (Fsp3) is 0.269. The number of carbonyl (C=O) groups is 1. The van der Waals surface area contributed by atoms with Gasteiger partial charge in [-0.1, -0.05) is 24.3 Å². The van der Waals surface area contributed by atoms with E-state index in [0.29, 0.717) is 37.0 Å². The van der Waals surface area contributed by atoms with Gasteiger partial charge in [-0.2, -0.15) is 11.8 Å². The third-order valence-electron chi connectivity index (χ3n) is 5.59. The molecular weight excluding hydrogens is 503 g/mol. The van der Waals surface area contributed by atoms with Crippen molar-refractivity contribution in [1.82, 2.24) is 5.32 Å². The second kappa shape index (κ2) is 11.7. The van der Waals surface area contributed by atoms with Crippen LogP contribution in [-0.2, 0) is 20.6 Å². The average Bonchev–Trinajstić information content (AvgIpc) is 2.88. The van der Waals surface area contributed by atoms with Crippen LogP contribution in [0.4, 0.5) is 10.1 Å². The molecule has 190 valence electrons. The van der Waals surface area contributed by atoms with Gasteiger partial charge in [-0.05, 0) is 54.4 Å². The van der Waals surface area contributed by atoms with Crippen LogP contribution in [0.3, 0.4) is 0 Å². The zero-order valence-electron chi connectivity index (χ0n) is 19.8. The van der Waals surface area contributed by atoms with E-state index in [1.54, 1.807) is 11.8 Å². The highest BCUT2D eigenvalue weighted by molar-refractivity contribution is 7.98. The Balaban J connectivity index is 1.44. The van der Waals surface area contributed by atoms with Gasteiger partial charge >= 0.3 is 0 Å². The molecule has 0 aliphatic carbocycles. The molecule has 1 heterocycles. The van der Waals surface area contributed by atoms with Crippen molar-refractivity contribution in [3.05, 3.63) is 83.7 Å². The van der Waals surface area contributed by atoms with E-state index >= 15 is 0 Å². The van der Waals surface area contributed by atoms with Crippen molar-refractivity contribution >= 4 is 33.4 Å². The summed E-state index contributed by atoms with van der Waals surface area (Å²) in [6.07, 6.45) is 0. The van der Waals surface area contributed by atoms with E-state index in [0.717, 1.165) is 22.2 Å². The number of fused-ring (bicyclic) bond motifs is 1. The number of thioether (sulfide) groups is 1. The SMILES string of the molecule is Cc1ccccc1CSCCNC(=O)CN(c1ccc(F)cc1)S(=O)(=O)c1ccc2c(c1)OCCO2. The van der Waals surface area contributed by atoms with Crippen molar-refractivity contribution in [3.63, 3.8) is 0 Å². The molecule has 1 aliphatic rings. The molecular formula is C26H27FN2O5S2. The Morgan fingerprint density at radius 1 is 1.03 bits per heavy atom. The number of benzene rings is 3. The summed E-state index contributed by atoms with van der Waals surface area (Å²) in [6.45, 7) is 2.68. The minimum absolute atomic E-state index is 0.0577. The maximum absolute atomic E-state index is 13.6. The van der Waals surface area contributed by atoms with Crippen LogP contribution in [0.2, 0.25) is 0 Å². The van der Waals surface area contributed by atoms with Crippen LogP contribution in [0.1, 0.15) is 11.1 Å². The first-order valence-electron chi connectivity index (χ1n) is 11.4. The summed E-state index contributed by atoms with van der Waals surface area (Å²) in [6, 6.07) is 17.4. The van der Waals surface area contributed by atoms with Gasteiger partial charge < -0.3 is 14.8 Å². The number of nitrogens with one attached hydrogen (secondary N) is 1. The Bertz CT molecular complexity index is 1320. The molecule has 0 saturated heterocycles. The molecule has 0 spiro atoms. The lowest BCUT2D eigenvalue weighted by atomic mass is 10.1. The van der Waals surface area contributed by atoms with Crippen molar-refractivity contribution in [2.75, 3.05) is 36.4 Å². The van der Waals surface area contributed by atoms with Crippen molar-refractivity contribution in [2.24, 2.45) is 0 Å². The minimum Gasteiger partial charge on any atom is -0.486 e. The lowest BCUT2D eigenvalue weighted by Gasteiger charge is -2.25. The van der Waals surface area contributed by atoms with Crippen molar-refractivity contribution < 1.29 is 27.1 Å². The highest BCUT2D eigenvalue weighted by Gasteiger charge is 2.29. The van der Waals surface area contributed by atoms with Crippen molar-refractivity contribution in [1.29, 1.82) is 0 Å². The molecule has 3 aromatic carbocycles. The molecule has 0 saturated carbocycles. The highest BCUT2D eigenvalue weighted by Crippen LogP contribution is 2.34. The molecule has 0 atom stereocenters. The molecule has 10 heteroatoms. The molecule has 7 nitrogen and oxygen atoms in total. The van der Waals surface area contributed by atoms with Gasteiger partial charge in [0.25, 0.3) is 10.0 Å². The second-order valence-corrected chi connectivity index (χ2v) is 11.1. The van der Waals surface area contributed by atoms with Gasteiger partial charge in [0.2, 0.25) is 5.91 Å². The van der Waals surface area contributed by atoms with Crippen molar-refractivity contribution in [2.45, 2.75) is 17.6 Å². The molecule has 0 fully saturated rings. The smallest absolute Gasteiger partial charge is 0.264 e. The molecule has 1 N–H and O–H groups in total. The summed E-state index contributed by atoms with van der Waals surface area (Å²) >= 11 is 1.68. The molecule has 4 rings (SSSR count). The predicted molar refractivity (Wildman–Crippen MR) is 139 cm³/mol. The van der Waals surface area contributed by atoms with Gasteiger partial charge in [0.05, 0.1) is 10.6 Å². The van der Waals surface area contributed by atoms with Crippen LogP contribution in [0.15, 0.2) is 71.6 Å². The normalized spacial score (nSPS) is 12.7. The molecule has 3 aromatic rings. The Kier molecular flexibility index (Phi) is 8.37. The molecule has 0 aromatic heterocycles. The molecule has 1 aliphatic heterocycles. The number of nitrogens with zero attached hydrogens (tertiary/aromatic N) is 1. The monoisotopic (exact) mass is 530 g/mol. The molecule has 0 bridgehead atoms. The van der Waals surface area contributed by atoms with Crippen LogP contribution in [0, 0.1) is 12.7 Å². The van der Waals surface area contributed by atoms with Gasteiger partial charge in [-0.25, -0.2) is 12.8 Å². The number of halogens is 1. The lowest BCUT2D eigenvalue weighted by molar-refractivity contribution is -0.119. The lowest BCUT2D eigenvalue weighted by Crippen LogP contribution is -2.41. The number of hydrogen-bond acceptors (Lipinski definition) is 6. The summed E-state index contributed by atoms with van der Waals surface area (Å²) < 4.78 is 52.6. The van der Waals surface area contributed by atoms with Crippen LogP contribution in [0.25, 0.3) is 0 Å². The Hall–Kier alpha value is -3.24. The number of ether oxygens (including phenoxy) is 2. The van der Waals surface area contributed by atoms with Gasteiger partial charge in [-0.3, -0.25) is 9.10 Å². The molecule has 1 amide bonds. The molecule has 36 heavy (non-hydrogen) atoms. The maximum atomic E-state index is 13.6. The number of sulfonamides is 1. The number of carbonyl (C=O) groups excluding carboxylic acids is 1. The highest BCUT2D eigenvalue weighted by atomic mass is 32.2. The number of hydrogen-bond donors (Lipinski definition) is 1. The summed E-state index contributed by atoms with van der Waals surface area (Å²) in [5.41, 5.74) is 2.63. The average molecular weight is 531 g/mol. The molecule has 0 radical (unpaired) electrons. The largest absolute Gasteiger partial charge is 0.486 e. The van der Waals surface area contributed by atoms with Crippen LogP contribution in [-0.4, -0.2) is 46.4 Å². The Morgan fingerprint density at radius 2 is 1.75 bits per heavy atom. The van der Waals surface area contributed by atoms with E-state index in [2.05, 4.69) is 24.4 Å². The van der Waals surface area contributed by atoms with E-state index in [9.17, 15) is 17.6 Å². The third kappa shape index (κ3) is 6.30. The van der Waals surface area contributed by atoms with Crippen LogP contribution >= 0.6 is 11.8 Å². The summed E-state index contributed by atoms with van der Waals surface area (Å²) in [4.78, 5) is 12.7. The topological polar surface area (TPSA) is 84.9 Å². The first kappa shape index (κ1) is 25.8. The van der Waals surface area contributed by atoms with E-state index < -0.39 is 28.3 Å². The van der Waals surface area contributed by atoms with Gasteiger partial charge in [0, 0.05) is 24.1 Å². The number of rotatable bonds is 10. The molecule has 0 unspecified atom stereocenters. The zero-order chi connectivity index (χ0) is 25.5. The first-order chi connectivity index (χ1) is 17.3. The summed E-state index contributed by atoms with van der Waals surface area (Å²) in [5.74, 6) is 1.29. The number of aryl methyl sites for hydroxylation is 1. The second-order valence-electron chi connectivity index (χ2n) is 8.12. The zero-order valence-corrected chi connectivity index (χ0v) is 21.4. The summed E-state index contributed by atoms with van der Waals surface area (Å²) in [5, 5.41) is 2.78. The Morgan fingerprint density at radius 3 is 2.50 bits per heavy atom. The fourth-order valence-corrected chi connectivity index (χ4v) is 6.01. The Labute approximate surface area is 214 Å². The fourth-order valence-electron chi connectivity index (χ4n) is 3.64. The van der Waals surface area contributed by atoms with Gasteiger partial charge in [0.15, 0.2) is 11.5 Å². The van der Waals surface area contributed by atoms with E-state index in [4.69, 9.17) is 9.47 Å². The third-order valence-corrected chi connectivity index (χ3v) is 8.37. The maximum Gasteiger partial charge on any atom is 0.264 e. The van der Waals surface area contributed by atoms with E-state index in [-0.39, 0.29) is 10.6 Å². The van der Waals surface area contributed by atoms with Gasteiger partial charge in [0.1, 0.15) is 25.6 Å². The standard InChI is InChI=1S/C26H27FN2O5S2/c1-19-4-2-3-5-20(19)18-35-15-12-28-26(30)17-29(22-8-6-21(27)7-9-22)36(31,32)23-10-11-24-25(16-23)34-14-13-33-24/h2-11,16H,12-15,17-18H2,1H3,(H,28,30). The summed E-state index contributed by atoms with van der Waals surface area (Å²) in [7, 11) is -4.16. The van der Waals surface area contributed by atoms with Crippen LogP contribution < -0.4 is 19.1 Å². The van der Waals surface area contributed by atoms with Gasteiger partial charge in [-0.15, -0.1) is 0 Å². The number of anilines is 1. The predicted octanol–water partition coefficient (Wildman–Crippen LogP) is 4.15. The number of amides is 1. The minimum atomic E-state index is -4.16. The first-order valence-corrected chi connectivity index (χ1v) is 14.0. The van der Waals surface area contributed by atoms with Crippen LogP contribution in [0.5, 0.6) is 11.5 Å². The quantitative estimate of drug-likeness (QED) is 0.397.